The van der Waals surface area contributed by atoms with E-state index in [-0.39, 0.29) is 11.9 Å². The Morgan fingerprint density at radius 3 is 2.40 bits per heavy atom. The number of hydrogen-bond donors (Lipinski definition) is 1. The number of methoxy groups -OCH3 is 1. The van der Waals surface area contributed by atoms with Crippen LogP contribution in [0.5, 0.6) is 5.75 Å². The Morgan fingerprint density at radius 1 is 1.25 bits per heavy atom. The van der Waals surface area contributed by atoms with Crippen LogP contribution < -0.4 is 10.1 Å². The van der Waals surface area contributed by atoms with E-state index in [1.165, 1.54) is 20.0 Å². The Bertz CT molecular complexity index is 482. The maximum atomic E-state index is 12.3. The first-order valence-corrected chi connectivity index (χ1v) is 7.62. The van der Waals surface area contributed by atoms with Crippen LogP contribution in [0.3, 0.4) is 0 Å². The zero-order chi connectivity index (χ0) is 14.7. The number of carbonyl (C=O) groups excluding carboxylic acids is 1. The fraction of sp³-hybridized carbons (Fsp3) is 0.533. The van der Waals surface area contributed by atoms with Crippen LogP contribution in [0.2, 0.25) is 10.0 Å². The van der Waals surface area contributed by atoms with Crippen molar-refractivity contribution in [2.24, 2.45) is 5.92 Å². The summed E-state index contributed by atoms with van der Waals surface area (Å²) in [6, 6.07) is 3.42. The predicted molar refractivity (Wildman–Crippen MR) is 81.9 cm³/mol. The van der Waals surface area contributed by atoms with E-state index in [0.29, 0.717) is 27.3 Å². The standard InChI is InChI=1S/C15H19Cl2NO2/c1-9-5-3-4-6-13(9)18-15(19)10-7-11(16)14(20-2)12(17)8-10/h7-9,13H,3-6H2,1-2H3,(H,18,19)/t9-,13+/m1/s1. The molecule has 1 saturated carbocycles. The van der Waals surface area contributed by atoms with Crippen molar-refractivity contribution in [3.05, 3.63) is 27.7 Å². The SMILES string of the molecule is COc1c(Cl)cc(C(=O)N[C@H]2CCCC[C@H]2C)cc1Cl. The van der Waals surface area contributed by atoms with Gasteiger partial charge in [-0.05, 0) is 30.9 Å². The van der Waals surface area contributed by atoms with E-state index in [0.717, 1.165) is 12.8 Å². The lowest BCUT2D eigenvalue weighted by atomic mass is 9.86. The Labute approximate surface area is 129 Å². The van der Waals surface area contributed by atoms with Gasteiger partial charge < -0.3 is 10.1 Å². The average Bonchev–Trinajstić information content (AvgIpc) is 2.41. The van der Waals surface area contributed by atoms with Crippen molar-refractivity contribution in [3.63, 3.8) is 0 Å². The second kappa shape index (κ2) is 6.68. The van der Waals surface area contributed by atoms with Gasteiger partial charge in [-0.2, -0.15) is 0 Å². The number of ether oxygens (including phenoxy) is 1. The molecule has 0 heterocycles. The van der Waals surface area contributed by atoms with E-state index in [4.69, 9.17) is 27.9 Å². The third kappa shape index (κ3) is 3.39. The molecule has 0 unspecified atom stereocenters. The van der Waals surface area contributed by atoms with Crippen LogP contribution in [0.25, 0.3) is 0 Å². The Balaban J connectivity index is 2.13. The van der Waals surface area contributed by atoms with Gasteiger partial charge in [-0.3, -0.25) is 4.79 Å². The first kappa shape index (κ1) is 15.5. The molecule has 110 valence electrons. The molecule has 0 aliphatic heterocycles. The molecule has 2 atom stereocenters. The summed E-state index contributed by atoms with van der Waals surface area (Å²) in [7, 11) is 1.50. The molecule has 1 amide bonds. The fourth-order valence-electron chi connectivity index (χ4n) is 2.67. The molecule has 1 N–H and O–H groups in total. The third-order valence-corrected chi connectivity index (χ3v) is 4.45. The molecule has 0 bridgehead atoms. The van der Waals surface area contributed by atoms with Crippen molar-refractivity contribution in [1.29, 1.82) is 0 Å². The molecule has 1 aromatic rings. The molecule has 1 aliphatic carbocycles. The van der Waals surface area contributed by atoms with Crippen molar-refractivity contribution in [2.45, 2.75) is 38.6 Å². The van der Waals surface area contributed by atoms with Gasteiger partial charge in [-0.25, -0.2) is 0 Å². The van der Waals surface area contributed by atoms with Crippen molar-refractivity contribution in [3.8, 4) is 5.75 Å². The third-order valence-electron chi connectivity index (χ3n) is 3.89. The van der Waals surface area contributed by atoms with Crippen LogP contribution in [-0.2, 0) is 0 Å². The van der Waals surface area contributed by atoms with E-state index < -0.39 is 0 Å². The number of nitrogens with one attached hydrogen (secondary N) is 1. The number of benzene rings is 1. The molecule has 0 saturated heterocycles. The van der Waals surface area contributed by atoms with E-state index in [1.807, 2.05) is 0 Å². The smallest absolute Gasteiger partial charge is 0.251 e. The summed E-state index contributed by atoms with van der Waals surface area (Å²) in [5.41, 5.74) is 0.471. The summed E-state index contributed by atoms with van der Waals surface area (Å²) in [5.74, 6) is 0.781. The largest absolute Gasteiger partial charge is 0.494 e. The van der Waals surface area contributed by atoms with Gasteiger partial charge >= 0.3 is 0 Å². The van der Waals surface area contributed by atoms with E-state index in [2.05, 4.69) is 12.2 Å². The normalized spacial score (nSPS) is 22.4. The highest BCUT2D eigenvalue weighted by Gasteiger charge is 2.24. The molecule has 1 aliphatic rings. The number of halogens is 2. The topological polar surface area (TPSA) is 38.3 Å². The fourth-order valence-corrected chi connectivity index (χ4v) is 3.31. The van der Waals surface area contributed by atoms with Gasteiger partial charge in [0.25, 0.3) is 5.91 Å². The Hall–Kier alpha value is -0.930. The second-order valence-corrected chi connectivity index (χ2v) is 6.13. The lowest BCUT2D eigenvalue weighted by Crippen LogP contribution is -2.41. The number of amides is 1. The number of carbonyl (C=O) groups is 1. The summed E-state index contributed by atoms with van der Waals surface area (Å²) in [4.78, 5) is 12.3. The molecule has 5 heteroatoms. The lowest BCUT2D eigenvalue weighted by molar-refractivity contribution is 0.0910. The summed E-state index contributed by atoms with van der Waals surface area (Å²) in [6.07, 6.45) is 4.60. The highest BCUT2D eigenvalue weighted by molar-refractivity contribution is 6.37. The van der Waals surface area contributed by atoms with Crippen molar-refractivity contribution in [1.82, 2.24) is 5.32 Å². The molecule has 1 aromatic carbocycles. The predicted octanol–water partition coefficient (Wildman–Crippen LogP) is 4.31. The molecular weight excluding hydrogens is 297 g/mol. The summed E-state index contributed by atoms with van der Waals surface area (Å²) < 4.78 is 5.08. The van der Waals surface area contributed by atoms with E-state index in [9.17, 15) is 4.79 Å². The second-order valence-electron chi connectivity index (χ2n) is 5.31. The van der Waals surface area contributed by atoms with Gasteiger partial charge in [0, 0.05) is 11.6 Å². The molecule has 0 spiro atoms. The molecule has 2 rings (SSSR count). The molecule has 20 heavy (non-hydrogen) atoms. The monoisotopic (exact) mass is 315 g/mol. The lowest BCUT2D eigenvalue weighted by Gasteiger charge is -2.29. The highest BCUT2D eigenvalue weighted by Crippen LogP contribution is 2.34. The van der Waals surface area contributed by atoms with Crippen LogP contribution >= 0.6 is 23.2 Å². The zero-order valence-electron chi connectivity index (χ0n) is 11.7. The number of hydrogen-bond acceptors (Lipinski definition) is 2. The molecule has 0 aromatic heterocycles. The molecule has 3 nitrogen and oxygen atoms in total. The van der Waals surface area contributed by atoms with Gasteiger partial charge in [-0.15, -0.1) is 0 Å². The molecule has 1 fully saturated rings. The van der Waals surface area contributed by atoms with Crippen molar-refractivity contribution >= 4 is 29.1 Å². The minimum Gasteiger partial charge on any atom is -0.494 e. The Morgan fingerprint density at radius 2 is 1.85 bits per heavy atom. The van der Waals surface area contributed by atoms with Crippen LogP contribution in [0.4, 0.5) is 0 Å². The van der Waals surface area contributed by atoms with Gasteiger partial charge in [0.2, 0.25) is 0 Å². The summed E-state index contributed by atoms with van der Waals surface area (Å²) in [5, 5.41) is 3.78. The zero-order valence-corrected chi connectivity index (χ0v) is 13.2. The minimum absolute atomic E-state index is 0.129. The molecular formula is C15H19Cl2NO2. The first-order valence-electron chi connectivity index (χ1n) is 6.87. The summed E-state index contributed by atoms with van der Waals surface area (Å²) in [6.45, 7) is 2.18. The van der Waals surface area contributed by atoms with E-state index >= 15 is 0 Å². The maximum Gasteiger partial charge on any atom is 0.251 e. The van der Waals surface area contributed by atoms with Gasteiger partial charge in [0.05, 0.1) is 17.2 Å². The Kier molecular flexibility index (Phi) is 5.17. The minimum atomic E-state index is -0.129. The van der Waals surface area contributed by atoms with Crippen LogP contribution in [0.1, 0.15) is 43.0 Å². The van der Waals surface area contributed by atoms with Crippen LogP contribution in [-0.4, -0.2) is 19.1 Å². The summed E-state index contributed by atoms with van der Waals surface area (Å²) >= 11 is 12.1. The van der Waals surface area contributed by atoms with Gasteiger partial charge in [-0.1, -0.05) is 43.0 Å². The number of rotatable bonds is 3. The van der Waals surface area contributed by atoms with Crippen LogP contribution in [0, 0.1) is 5.92 Å². The maximum absolute atomic E-state index is 12.3. The van der Waals surface area contributed by atoms with Gasteiger partial charge in [0.15, 0.2) is 5.75 Å². The van der Waals surface area contributed by atoms with Crippen LogP contribution in [0.15, 0.2) is 12.1 Å². The first-order chi connectivity index (χ1) is 9.52. The van der Waals surface area contributed by atoms with Gasteiger partial charge in [0.1, 0.15) is 0 Å². The van der Waals surface area contributed by atoms with E-state index in [1.54, 1.807) is 12.1 Å². The average molecular weight is 316 g/mol. The highest BCUT2D eigenvalue weighted by atomic mass is 35.5. The quantitative estimate of drug-likeness (QED) is 0.902. The van der Waals surface area contributed by atoms with Crippen molar-refractivity contribution in [2.75, 3.05) is 7.11 Å². The van der Waals surface area contributed by atoms with Crippen molar-refractivity contribution < 1.29 is 9.53 Å². The molecule has 0 radical (unpaired) electrons.